The number of aliphatic hydroxyl groups excluding tert-OH is 2. The van der Waals surface area contributed by atoms with Crippen LogP contribution >= 0.6 is 0 Å². The summed E-state index contributed by atoms with van der Waals surface area (Å²) in [6.07, 6.45) is -0.0569. The molecule has 2 atom stereocenters. The van der Waals surface area contributed by atoms with E-state index in [2.05, 4.69) is 5.32 Å². The van der Waals surface area contributed by atoms with Gasteiger partial charge >= 0.3 is 6.09 Å². The molecule has 0 heterocycles. The van der Waals surface area contributed by atoms with Crippen molar-refractivity contribution in [3.8, 4) is 0 Å². The van der Waals surface area contributed by atoms with Crippen LogP contribution in [0.5, 0.6) is 0 Å². The molecule has 0 aromatic heterocycles. The highest BCUT2D eigenvalue weighted by molar-refractivity contribution is 5.68. The van der Waals surface area contributed by atoms with Gasteiger partial charge in [-0.1, -0.05) is 13.3 Å². The lowest BCUT2D eigenvalue weighted by Gasteiger charge is -2.25. The van der Waals surface area contributed by atoms with Crippen LogP contribution < -0.4 is 5.32 Å². The highest BCUT2D eigenvalue weighted by Crippen LogP contribution is 2.08. The van der Waals surface area contributed by atoms with E-state index in [1.165, 1.54) is 0 Å². The number of carbonyl (C=O) groups is 1. The summed E-state index contributed by atoms with van der Waals surface area (Å²) in [5.74, 6) is 0. The summed E-state index contributed by atoms with van der Waals surface area (Å²) in [7, 11) is 0. The van der Waals surface area contributed by atoms with Gasteiger partial charge in [-0.2, -0.15) is 0 Å². The molecule has 0 bridgehead atoms. The first-order valence-corrected chi connectivity index (χ1v) is 5.58. The minimum atomic E-state index is -0.748. The lowest BCUT2D eigenvalue weighted by Crippen LogP contribution is -2.47. The van der Waals surface area contributed by atoms with Crippen LogP contribution in [0.2, 0.25) is 0 Å². The molecule has 0 rings (SSSR count). The Kier molecular flexibility index (Phi) is 6.36. The maximum absolute atomic E-state index is 11.4. The average Bonchev–Trinajstić information content (AvgIpc) is 2.11. The van der Waals surface area contributed by atoms with E-state index in [0.717, 1.165) is 6.42 Å². The predicted octanol–water partition coefficient (Wildman–Crippen LogP) is 1.03. The monoisotopic (exact) mass is 233 g/mol. The number of ether oxygens (including phenoxy) is 1. The molecule has 0 radical (unpaired) electrons. The van der Waals surface area contributed by atoms with Gasteiger partial charge in [0.1, 0.15) is 5.60 Å². The number of rotatable bonds is 5. The molecule has 0 unspecified atom stereocenters. The zero-order valence-corrected chi connectivity index (χ0v) is 10.5. The highest BCUT2D eigenvalue weighted by atomic mass is 16.6. The van der Waals surface area contributed by atoms with Crippen LogP contribution in [-0.2, 0) is 4.74 Å². The van der Waals surface area contributed by atoms with Crippen molar-refractivity contribution in [3.63, 3.8) is 0 Å². The van der Waals surface area contributed by atoms with Crippen molar-refractivity contribution >= 4 is 6.09 Å². The van der Waals surface area contributed by atoms with Crippen LogP contribution in [0.1, 0.15) is 40.5 Å². The standard InChI is InChI=1S/C11H23NO4/c1-5-6-9(14)8(7-13)12-10(15)16-11(2,3)4/h8-9,13-14H,5-7H2,1-4H3,(H,12,15)/t8-,9+/m1/s1. The topological polar surface area (TPSA) is 78.8 Å². The molecule has 0 spiro atoms. The molecule has 16 heavy (non-hydrogen) atoms. The fraction of sp³-hybridized carbons (Fsp3) is 0.909. The van der Waals surface area contributed by atoms with Crippen LogP contribution in [0.4, 0.5) is 4.79 Å². The molecule has 0 aliphatic heterocycles. The van der Waals surface area contributed by atoms with E-state index in [1.54, 1.807) is 20.8 Å². The van der Waals surface area contributed by atoms with E-state index in [0.29, 0.717) is 6.42 Å². The van der Waals surface area contributed by atoms with Crippen LogP contribution in [-0.4, -0.2) is 40.7 Å². The Morgan fingerprint density at radius 2 is 2.00 bits per heavy atom. The van der Waals surface area contributed by atoms with E-state index in [9.17, 15) is 9.90 Å². The Balaban J connectivity index is 4.16. The number of hydrogen-bond acceptors (Lipinski definition) is 4. The van der Waals surface area contributed by atoms with Gasteiger partial charge < -0.3 is 20.3 Å². The molecule has 0 aliphatic carbocycles. The van der Waals surface area contributed by atoms with Gasteiger partial charge in [0.2, 0.25) is 0 Å². The fourth-order valence-corrected chi connectivity index (χ4v) is 1.22. The normalized spacial score (nSPS) is 15.4. The number of hydrogen-bond donors (Lipinski definition) is 3. The summed E-state index contributed by atoms with van der Waals surface area (Å²) in [6.45, 7) is 6.88. The fourth-order valence-electron chi connectivity index (χ4n) is 1.22. The van der Waals surface area contributed by atoms with Crippen molar-refractivity contribution in [1.82, 2.24) is 5.32 Å². The minimum absolute atomic E-state index is 0.305. The van der Waals surface area contributed by atoms with Crippen molar-refractivity contribution in [2.75, 3.05) is 6.61 Å². The number of alkyl carbamates (subject to hydrolysis) is 1. The molecular formula is C11H23NO4. The maximum Gasteiger partial charge on any atom is 0.408 e. The molecule has 5 heteroatoms. The van der Waals surface area contributed by atoms with Crippen molar-refractivity contribution in [2.24, 2.45) is 0 Å². The molecule has 0 aromatic carbocycles. The number of nitrogens with one attached hydrogen (secondary N) is 1. The van der Waals surface area contributed by atoms with Crippen molar-refractivity contribution in [1.29, 1.82) is 0 Å². The predicted molar refractivity (Wildman–Crippen MR) is 61.2 cm³/mol. The van der Waals surface area contributed by atoms with Gasteiger partial charge in [0.25, 0.3) is 0 Å². The Morgan fingerprint density at radius 3 is 2.38 bits per heavy atom. The molecular weight excluding hydrogens is 210 g/mol. The largest absolute Gasteiger partial charge is 0.444 e. The highest BCUT2D eigenvalue weighted by Gasteiger charge is 2.23. The van der Waals surface area contributed by atoms with Gasteiger partial charge in [0.05, 0.1) is 18.8 Å². The first kappa shape index (κ1) is 15.2. The third kappa shape index (κ3) is 6.63. The summed E-state index contributed by atoms with van der Waals surface area (Å²) >= 11 is 0. The molecule has 0 saturated carbocycles. The van der Waals surface area contributed by atoms with Crippen molar-refractivity contribution < 1.29 is 19.7 Å². The molecule has 96 valence electrons. The Bertz CT molecular complexity index is 213. The van der Waals surface area contributed by atoms with E-state index in [1.807, 2.05) is 6.92 Å². The summed E-state index contributed by atoms with van der Waals surface area (Å²) in [5.41, 5.74) is -0.584. The number of carbonyl (C=O) groups excluding carboxylic acids is 1. The van der Waals surface area contributed by atoms with Crippen LogP contribution in [0, 0.1) is 0 Å². The van der Waals surface area contributed by atoms with E-state index in [-0.39, 0.29) is 6.61 Å². The molecule has 0 saturated heterocycles. The zero-order chi connectivity index (χ0) is 12.8. The lowest BCUT2D eigenvalue weighted by molar-refractivity contribution is 0.0337. The molecule has 0 fully saturated rings. The Labute approximate surface area is 96.8 Å². The van der Waals surface area contributed by atoms with Crippen LogP contribution in [0.3, 0.4) is 0 Å². The summed E-state index contributed by atoms with van der Waals surface area (Å²) in [4.78, 5) is 11.4. The second-order valence-electron chi connectivity index (χ2n) is 4.79. The Morgan fingerprint density at radius 1 is 1.44 bits per heavy atom. The van der Waals surface area contributed by atoms with Gasteiger partial charge in [-0.15, -0.1) is 0 Å². The third-order valence-electron chi connectivity index (χ3n) is 1.95. The van der Waals surface area contributed by atoms with E-state index >= 15 is 0 Å². The molecule has 0 aliphatic rings. The third-order valence-corrected chi connectivity index (χ3v) is 1.95. The van der Waals surface area contributed by atoms with Crippen molar-refractivity contribution in [2.45, 2.75) is 58.3 Å². The van der Waals surface area contributed by atoms with Gasteiger partial charge in [-0.05, 0) is 27.2 Å². The maximum atomic E-state index is 11.4. The SMILES string of the molecule is CCC[C@H](O)[C@@H](CO)NC(=O)OC(C)(C)C. The first-order valence-electron chi connectivity index (χ1n) is 5.58. The summed E-state index contributed by atoms with van der Waals surface area (Å²) in [6, 6.07) is -0.671. The molecule has 3 N–H and O–H groups in total. The number of amides is 1. The summed E-state index contributed by atoms with van der Waals surface area (Å²) < 4.78 is 5.03. The van der Waals surface area contributed by atoms with Gasteiger partial charge in [-0.3, -0.25) is 0 Å². The smallest absolute Gasteiger partial charge is 0.408 e. The zero-order valence-electron chi connectivity index (χ0n) is 10.5. The molecule has 0 aromatic rings. The van der Waals surface area contributed by atoms with Gasteiger partial charge in [0.15, 0.2) is 0 Å². The van der Waals surface area contributed by atoms with Crippen LogP contribution in [0.15, 0.2) is 0 Å². The second kappa shape index (κ2) is 6.70. The second-order valence-corrected chi connectivity index (χ2v) is 4.79. The summed E-state index contributed by atoms with van der Waals surface area (Å²) in [5, 5.41) is 21.1. The van der Waals surface area contributed by atoms with Gasteiger partial charge in [-0.25, -0.2) is 4.79 Å². The minimum Gasteiger partial charge on any atom is -0.444 e. The molecule has 1 amide bonds. The first-order chi connectivity index (χ1) is 7.30. The van der Waals surface area contributed by atoms with Crippen LogP contribution in [0.25, 0.3) is 0 Å². The molecule has 5 nitrogen and oxygen atoms in total. The quantitative estimate of drug-likeness (QED) is 0.662. The van der Waals surface area contributed by atoms with Crippen molar-refractivity contribution in [3.05, 3.63) is 0 Å². The van der Waals surface area contributed by atoms with E-state index < -0.39 is 23.8 Å². The number of aliphatic hydroxyl groups is 2. The average molecular weight is 233 g/mol. The van der Waals surface area contributed by atoms with Gasteiger partial charge in [0, 0.05) is 0 Å². The Hall–Kier alpha value is -0.810. The van der Waals surface area contributed by atoms with E-state index in [4.69, 9.17) is 9.84 Å². The lowest BCUT2D eigenvalue weighted by atomic mass is 10.1.